The number of hydrogen-bond acceptors (Lipinski definition) is 3. The lowest BCUT2D eigenvalue weighted by atomic mass is 10.2. The maximum Gasteiger partial charge on any atom is 0.240 e. The van der Waals surface area contributed by atoms with Gasteiger partial charge in [-0.15, -0.1) is 0 Å². The maximum absolute atomic E-state index is 12.9. The Hall–Kier alpha value is -1.63. The van der Waals surface area contributed by atoms with Crippen LogP contribution in [0.2, 0.25) is 5.02 Å². The fourth-order valence-electron chi connectivity index (χ4n) is 2.00. The summed E-state index contributed by atoms with van der Waals surface area (Å²) >= 11 is 5.83. The summed E-state index contributed by atoms with van der Waals surface area (Å²) in [6.45, 7) is 3.72. The standard InChI is InChI=1S/C16H17ClFNO3S/c1-11-3-4-12(2)16(9-11)23(20,21)19-7-8-22-15-6-5-13(18)10-14(15)17/h3-6,9-10,19H,7-8H2,1-2H3. The molecule has 1 N–H and O–H groups in total. The van der Waals surface area contributed by atoms with Crippen molar-refractivity contribution in [3.05, 3.63) is 58.4 Å². The molecule has 0 fully saturated rings. The molecule has 0 spiro atoms. The first-order chi connectivity index (χ1) is 10.8. The van der Waals surface area contributed by atoms with Crippen molar-refractivity contribution >= 4 is 21.6 Å². The van der Waals surface area contributed by atoms with Crippen LogP contribution in [-0.2, 0) is 10.0 Å². The molecule has 0 atom stereocenters. The summed E-state index contributed by atoms with van der Waals surface area (Å²) in [5.74, 6) is -0.156. The highest BCUT2D eigenvalue weighted by Crippen LogP contribution is 2.24. The fourth-order valence-corrected chi connectivity index (χ4v) is 3.57. The lowest BCUT2D eigenvalue weighted by Crippen LogP contribution is -2.28. The van der Waals surface area contributed by atoms with E-state index in [-0.39, 0.29) is 23.1 Å². The average Bonchev–Trinajstić information content (AvgIpc) is 2.48. The molecule has 2 rings (SSSR count). The fraction of sp³-hybridized carbons (Fsp3) is 0.250. The molecule has 0 radical (unpaired) electrons. The van der Waals surface area contributed by atoms with Gasteiger partial charge in [-0.25, -0.2) is 17.5 Å². The van der Waals surface area contributed by atoms with Gasteiger partial charge in [-0.1, -0.05) is 23.7 Å². The SMILES string of the molecule is Cc1ccc(C)c(S(=O)(=O)NCCOc2ccc(F)cc2Cl)c1. The first-order valence-electron chi connectivity index (χ1n) is 6.94. The lowest BCUT2D eigenvalue weighted by Gasteiger charge is -2.11. The van der Waals surface area contributed by atoms with Crippen molar-refractivity contribution in [3.63, 3.8) is 0 Å². The quantitative estimate of drug-likeness (QED) is 0.805. The number of benzene rings is 2. The molecular formula is C16H17ClFNO3S. The minimum atomic E-state index is -3.61. The minimum absolute atomic E-state index is 0.0728. The summed E-state index contributed by atoms with van der Waals surface area (Å²) in [4.78, 5) is 0.248. The predicted molar refractivity (Wildman–Crippen MR) is 88.0 cm³/mol. The maximum atomic E-state index is 12.9. The first kappa shape index (κ1) is 17.7. The van der Waals surface area contributed by atoms with Gasteiger partial charge in [0.2, 0.25) is 10.0 Å². The van der Waals surface area contributed by atoms with E-state index in [2.05, 4.69) is 4.72 Å². The Kier molecular flexibility index (Phi) is 5.62. The molecule has 23 heavy (non-hydrogen) atoms. The smallest absolute Gasteiger partial charge is 0.240 e. The first-order valence-corrected chi connectivity index (χ1v) is 8.80. The zero-order valence-corrected chi connectivity index (χ0v) is 14.3. The van der Waals surface area contributed by atoms with Crippen LogP contribution in [0.5, 0.6) is 5.75 Å². The Balaban J connectivity index is 1.96. The van der Waals surface area contributed by atoms with Crippen molar-refractivity contribution in [2.24, 2.45) is 0 Å². The van der Waals surface area contributed by atoms with Gasteiger partial charge in [0.1, 0.15) is 18.2 Å². The van der Waals surface area contributed by atoms with Crippen molar-refractivity contribution in [2.75, 3.05) is 13.2 Å². The summed E-state index contributed by atoms with van der Waals surface area (Å²) in [6.07, 6.45) is 0. The molecular weight excluding hydrogens is 341 g/mol. The van der Waals surface area contributed by atoms with E-state index in [9.17, 15) is 12.8 Å². The minimum Gasteiger partial charge on any atom is -0.491 e. The summed E-state index contributed by atoms with van der Waals surface area (Å²) in [6, 6.07) is 9.00. The van der Waals surface area contributed by atoms with Crippen molar-refractivity contribution in [2.45, 2.75) is 18.7 Å². The average molecular weight is 358 g/mol. The molecule has 0 saturated heterocycles. The van der Waals surface area contributed by atoms with Gasteiger partial charge in [0.25, 0.3) is 0 Å². The molecule has 0 aromatic heterocycles. The van der Waals surface area contributed by atoms with Crippen LogP contribution >= 0.6 is 11.6 Å². The Bertz CT molecular complexity index is 809. The van der Waals surface area contributed by atoms with E-state index >= 15 is 0 Å². The van der Waals surface area contributed by atoms with Crippen LogP contribution in [0.15, 0.2) is 41.3 Å². The van der Waals surface area contributed by atoms with Crippen LogP contribution in [-0.4, -0.2) is 21.6 Å². The molecule has 2 aromatic carbocycles. The van der Waals surface area contributed by atoms with Gasteiger partial charge in [-0.05, 0) is 49.2 Å². The van der Waals surface area contributed by atoms with Gasteiger partial charge in [0, 0.05) is 6.54 Å². The summed E-state index contributed by atoms with van der Waals surface area (Å²) in [7, 11) is -3.61. The Labute approximate surface area is 140 Å². The highest BCUT2D eigenvalue weighted by atomic mass is 35.5. The number of ether oxygens (including phenoxy) is 1. The molecule has 0 aliphatic rings. The Morgan fingerprint density at radius 3 is 2.61 bits per heavy atom. The monoisotopic (exact) mass is 357 g/mol. The van der Waals surface area contributed by atoms with Crippen molar-refractivity contribution in [3.8, 4) is 5.75 Å². The Morgan fingerprint density at radius 1 is 1.17 bits per heavy atom. The molecule has 2 aromatic rings. The van der Waals surface area contributed by atoms with E-state index in [4.69, 9.17) is 16.3 Å². The highest BCUT2D eigenvalue weighted by molar-refractivity contribution is 7.89. The van der Waals surface area contributed by atoms with Crippen molar-refractivity contribution in [1.29, 1.82) is 0 Å². The Morgan fingerprint density at radius 2 is 1.91 bits per heavy atom. The van der Waals surface area contributed by atoms with Crippen molar-refractivity contribution < 1.29 is 17.5 Å². The summed E-state index contributed by atoms with van der Waals surface area (Å²) in [5.41, 5.74) is 1.54. The normalized spacial score (nSPS) is 11.5. The second-order valence-corrected chi connectivity index (χ2v) is 7.23. The van der Waals surface area contributed by atoms with E-state index in [0.29, 0.717) is 11.3 Å². The largest absolute Gasteiger partial charge is 0.491 e. The van der Waals surface area contributed by atoms with Crippen LogP contribution in [0.3, 0.4) is 0 Å². The third kappa shape index (κ3) is 4.67. The third-order valence-corrected chi connectivity index (χ3v) is 5.08. The zero-order valence-electron chi connectivity index (χ0n) is 12.8. The highest BCUT2D eigenvalue weighted by Gasteiger charge is 2.16. The van der Waals surface area contributed by atoms with Gasteiger partial charge in [-0.2, -0.15) is 0 Å². The lowest BCUT2D eigenvalue weighted by molar-refractivity contribution is 0.322. The van der Waals surface area contributed by atoms with E-state index < -0.39 is 15.8 Å². The van der Waals surface area contributed by atoms with E-state index in [1.165, 1.54) is 12.1 Å². The number of nitrogens with one attached hydrogen (secondary N) is 1. The van der Waals surface area contributed by atoms with Gasteiger partial charge >= 0.3 is 0 Å². The topological polar surface area (TPSA) is 55.4 Å². The van der Waals surface area contributed by atoms with Crippen LogP contribution in [0.25, 0.3) is 0 Å². The molecule has 0 unspecified atom stereocenters. The molecule has 0 aliphatic carbocycles. The molecule has 0 aliphatic heterocycles. The third-order valence-electron chi connectivity index (χ3n) is 3.18. The van der Waals surface area contributed by atoms with Gasteiger partial charge in [-0.3, -0.25) is 0 Å². The second-order valence-electron chi connectivity index (χ2n) is 5.09. The number of sulfonamides is 1. The number of halogens is 2. The van der Waals surface area contributed by atoms with Crippen LogP contribution < -0.4 is 9.46 Å². The van der Waals surface area contributed by atoms with Crippen LogP contribution in [0.4, 0.5) is 4.39 Å². The predicted octanol–water partition coefficient (Wildman–Crippen LogP) is 3.45. The molecule has 0 heterocycles. The molecule has 124 valence electrons. The van der Waals surface area contributed by atoms with Crippen LogP contribution in [0, 0.1) is 19.7 Å². The summed E-state index contributed by atoms with van der Waals surface area (Å²) < 4.78 is 45.3. The van der Waals surface area contributed by atoms with E-state index in [1.807, 2.05) is 13.0 Å². The van der Waals surface area contributed by atoms with Crippen molar-refractivity contribution in [1.82, 2.24) is 4.72 Å². The molecule has 0 amide bonds. The van der Waals surface area contributed by atoms with Gasteiger partial charge < -0.3 is 4.74 Å². The second kappa shape index (κ2) is 7.29. The van der Waals surface area contributed by atoms with Gasteiger partial charge in [0.15, 0.2) is 0 Å². The van der Waals surface area contributed by atoms with E-state index in [1.54, 1.807) is 19.1 Å². The number of hydrogen-bond donors (Lipinski definition) is 1. The molecule has 0 bridgehead atoms. The van der Waals surface area contributed by atoms with Crippen LogP contribution in [0.1, 0.15) is 11.1 Å². The molecule has 4 nitrogen and oxygen atoms in total. The zero-order chi connectivity index (χ0) is 17.0. The van der Waals surface area contributed by atoms with E-state index in [0.717, 1.165) is 11.6 Å². The van der Waals surface area contributed by atoms with Gasteiger partial charge in [0.05, 0.1) is 9.92 Å². The number of aryl methyl sites for hydroxylation is 2. The summed E-state index contributed by atoms with van der Waals surface area (Å²) in [5, 5.41) is 0.141. The number of rotatable bonds is 6. The molecule has 7 heteroatoms. The molecule has 0 saturated carbocycles.